The third-order valence-electron chi connectivity index (χ3n) is 4.89. The number of hydrazone groups is 1. The zero-order valence-electron chi connectivity index (χ0n) is 15.4. The van der Waals surface area contributed by atoms with Crippen LogP contribution in [0.25, 0.3) is 0 Å². The van der Waals surface area contributed by atoms with E-state index in [4.69, 9.17) is 5.10 Å². The highest BCUT2D eigenvalue weighted by Crippen LogP contribution is 2.34. The van der Waals surface area contributed by atoms with Gasteiger partial charge in [0.2, 0.25) is 0 Å². The highest BCUT2D eigenvalue weighted by molar-refractivity contribution is 6.12. The number of para-hydroxylation sites is 2. The van der Waals surface area contributed by atoms with Gasteiger partial charge in [-0.2, -0.15) is 5.10 Å². The topological polar surface area (TPSA) is 18.8 Å². The quantitative estimate of drug-likeness (QED) is 0.640. The minimum Gasteiger partial charge on any atom is -0.302 e. The van der Waals surface area contributed by atoms with Gasteiger partial charge in [0, 0.05) is 11.3 Å². The molecule has 1 aliphatic rings. The number of hydrogen-bond acceptors (Lipinski definition) is 3. The summed E-state index contributed by atoms with van der Waals surface area (Å²) in [4.78, 5) is 2.31. The van der Waals surface area contributed by atoms with Crippen molar-refractivity contribution in [2.45, 2.75) is 26.9 Å². The molecule has 0 radical (unpaired) electrons. The second-order valence-electron chi connectivity index (χ2n) is 6.71. The number of benzene rings is 3. The van der Waals surface area contributed by atoms with E-state index in [0.29, 0.717) is 0 Å². The Labute approximate surface area is 155 Å². The second kappa shape index (κ2) is 6.68. The van der Waals surface area contributed by atoms with Crippen molar-refractivity contribution in [3.8, 4) is 0 Å². The molecule has 0 saturated heterocycles. The van der Waals surface area contributed by atoms with Gasteiger partial charge in [-0.05, 0) is 44.0 Å². The number of amidine groups is 1. The molecule has 0 saturated carbocycles. The van der Waals surface area contributed by atoms with E-state index in [2.05, 4.69) is 97.4 Å². The van der Waals surface area contributed by atoms with E-state index >= 15 is 0 Å². The highest BCUT2D eigenvalue weighted by Gasteiger charge is 2.34. The van der Waals surface area contributed by atoms with Crippen LogP contribution in [0.15, 0.2) is 84.0 Å². The van der Waals surface area contributed by atoms with Gasteiger partial charge in [0.15, 0.2) is 5.84 Å². The smallest absolute Gasteiger partial charge is 0.162 e. The molecule has 0 spiro atoms. The van der Waals surface area contributed by atoms with Gasteiger partial charge in [-0.15, -0.1) is 0 Å². The maximum atomic E-state index is 5.06. The van der Waals surface area contributed by atoms with Gasteiger partial charge in [-0.25, -0.2) is 5.01 Å². The SMILES string of the molecule is Cc1cccc(C)c1N1N=C(c2ccccc2)N(c2ccccc2)C1C. The summed E-state index contributed by atoms with van der Waals surface area (Å²) in [6, 6.07) is 27.3. The van der Waals surface area contributed by atoms with Crippen molar-refractivity contribution in [1.82, 2.24) is 0 Å². The van der Waals surface area contributed by atoms with E-state index in [1.165, 1.54) is 16.8 Å². The van der Waals surface area contributed by atoms with Crippen molar-refractivity contribution in [2.75, 3.05) is 9.91 Å². The van der Waals surface area contributed by atoms with Crippen LogP contribution in [-0.2, 0) is 0 Å². The normalized spacial score (nSPS) is 16.7. The molecule has 0 aliphatic carbocycles. The molecular formula is C23H23N3. The van der Waals surface area contributed by atoms with E-state index in [1.807, 2.05) is 12.1 Å². The molecule has 1 aliphatic heterocycles. The molecule has 0 bridgehead atoms. The van der Waals surface area contributed by atoms with Crippen LogP contribution < -0.4 is 9.91 Å². The van der Waals surface area contributed by atoms with Crippen LogP contribution in [0.4, 0.5) is 11.4 Å². The molecule has 0 amide bonds. The summed E-state index contributed by atoms with van der Waals surface area (Å²) in [5.41, 5.74) is 5.94. The van der Waals surface area contributed by atoms with Gasteiger partial charge in [0.25, 0.3) is 0 Å². The zero-order chi connectivity index (χ0) is 18.1. The van der Waals surface area contributed by atoms with Crippen molar-refractivity contribution in [3.63, 3.8) is 0 Å². The lowest BCUT2D eigenvalue weighted by molar-refractivity contribution is 0.714. The van der Waals surface area contributed by atoms with Crippen LogP contribution in [0.2, 0.25) is 0 Å². The molecule has 1 heterocycles. The molecule has 3 nitrogen and oxygen atoms in total. The minimum atomic E-state index is 0.0902. The summed E-state index contributed by atoms with van der Waals surface area (Å²) < 4.78 is 0. The maximum absolute atomic E-state index is 5.06. The van der Waals surface area contributed by atoms with Crippen molar-refractivity contribution in [2.24, 2.45) is 5.10 Å². The number of nitrogens with zero attached hydrogens (tertiary/aromatic N) is 3. The summed E-state index contributed by atoms with van der Waals surface area (Å²) in [6.07, 6.45) is 0.0902. The fraction of sp³-hybridized carbons (Fsp3) is 0.174. The number of aryl methyl sites for hydroxylation is 2. The Morgan fingerprint density at radius 2 is 1.31 bits per heavy atom. The standard InChI is InChI=1S/C23H23N3/c1-17-11-10-12-18(2)22(17)26-19(3)25(21-15-8-5-9-16-21)23(24-26)20-13-6-4-7-14-20/h4-16,19H,1-3H3. The minimum absolute atomic E-state index is 0.0902. The Balaban J connectivity index is 1.87. The molecule has 1 unspecified atom stereocenters. The molecule has 3 heteroatoms. The predicted molar refractivity (Wildman–Crippen MR) is 110 cm³/mol. The largest absolute Gasteiger partial charge is 0.302 e. The predicted octanol–water partition coefficient (Wildman–Crippen LogP) is 5.34. The Bertz CT molecular complexity index is 912. The summed E-state index contributed by atoms with van der Waals surface area (Å²) in [5, 5.41) is 7.22. The third kappa shape index (κ3) is 2.76. The van der Waals surface area contributed by atoms with E-state index in [-0.39, 0.29) is 6.17 Å². The third-order valence-corrected chi connectivity index (χ3v) is 4.89. The molecular weight excluding hydrogens is 318 g/mol. The van der Waals surface area contributed by atoms with E-state index in [0.717, 1.165) is 17.1 Å². The first kappa shape index (κ1) is 16.4. The lowest BCUT2D eigenvalue weighted by atomic mass is 10.1. The summed E-state index contributed by atoms with van der Waals surface area (Å²) in [7, 11) is 0. The zero-order valence-corrected chi connectivity index (χ0v) is 15.4. The van der Waals surface area contributed by atoms with E-state index < -0.39 is 0 Å². The molecule has 3 aromatic carbocycles. The lowest BCUT2D eigenvalue weighted by Gasteiger charge is -2.30. The number of rotatable bonds is 3. The fourth-order valence-electron chi connectivity index (χ4n) is 3.63. The monoisotopic (exact) mass is 341 g/mol. The van der Waals surface area contributed by atoms with Crippen LogP contribution in [0.1, 0.15) is 23.6 Å². The molecule has 0 fully saturated rings. The molecule has 1 atom stereocenters. The van der Waals surface area contributed by atoms with Crippen LogP contribution in [-0.4, -0.2) is 12.0 Å². The number of hydrogen-bond donors (Lipinski definition) is 0. The van der Waals surface area contributed by atoms with Gasteiger partial charge in [-0.3, -0.25) is 0 Å². The molecule has 0 N–H and O–H groups in total. The Morgan fingerprint density at radius 3 is 1.92 bits per heavy atom. The van der Waals surface area contributed by atoms with Crippen LogP contribution in [0.3, 0.4) is 0 Å². The van der Waals surface area contributed by atoms with Gasteiger partial charge in [0.1, 0.15) is 6.17 Å². The first-order chi connectivity index (χ1) is 12.7. The highest BCUT2D eigenvalue weighted by atomic mass is 15.6. The van der Waals surface area contributed by atoms with Crippen LogP contribution >= 0.6 is 0 Å². The van der Waals surface area contributed by atoms with Crippen LogP contribution in [0, 0.1) is 13.8 Å². The fourth-order valence-corrected chi connectivity index (χ4v) is 3.63. The molecule has 26 heavy (non-hydrogen) atoms. The van der Waals surface area contributed by atoms with Gasteiger partial charge < -0.3 is 4.90 Å². The van der Waals surface area contributed by atoms with E-state index in [9.17, 15) is 0 Å². The molecule has 130 valence electrons. The van der Waals surface area contributed by atoms with Crippen LogP contribution in [0.5, 0.6) is 0 Å². The molecule has 4 rings (SSSR count). The Kier molecular flexibility index (Phi) is 4.21. The maximum Gasteiger partial charge on any atom is 0.162 e. The van der Waals surface area contributed by atoms with Gasteiger partial charge >= 0.3 is 0 Å². The number of anilines is 2. The summed E-state index contributed by atoms with van der Waals surface area (Å²) >= 11 is 0. The first-order valence-electron chi connectivity index (χ1n) is 9.00. The van der Waals surface area contributed by atoms with Crippen molar-refractivity contribution in [3.05, 3.63) is 95.6 Å². The first-order valence-corrected chi connectivity index (χ1v) is 9.00. The van der Waals surface area contributed by atoms with Crippen molar-refractivity contribution in [1.29, 1.82) is 0 Å². The second-order valence-corrected chi connectivity index (χ2v) is 6.71. The lowest BCUT2D eigenvalue weighted by Crippen LogP contribution is -2.40. The average molecular weight is 341 g/mol. The van der Waals surface area contributed by atoms with Gasteiger partial charge in [0.05, 0.1) is 5.69 Å². The van der Waals surface area contributed by atoms with Crippen molar-refractivity contribution < 1.29 is 0 Å². The van der Waals surface area contributed by atoms with Gasteiger partial charge in [-0.1, -0.05) is 66.7 Å². The summed E-state index contributed by atoms with van der Waals surface area (Å²) in [6.45, 7) is 6.51. The van der Waals surface area contributed by atoms with Crippen molar-refractivity contribution >= 4 is 17.2 Å². The molecule has 0 aromatic heterocycles. The Hall–Kier alpha value is -3.07. The average Bonchev–Trinajstić information content (AvgIpc) is 3.00. The summed E-state index contributed by atoms with van der Waals surface area (Å²) in [5.74, 6) is 0.979. The molecule has 3 aromatic rings. The Morgan fingerprint density at radius 1 is 0.731 bits per heavy atom. The van der Waals surface area contributed by atoms with E-state index in [1.54, 1.807) is 0 Å².